The highest BCUT2D eigenvalue weighted by atomic mass is 32.2. The third kappa shape index (κ3) is 4.30. The van der Waals surface area contributed by atoms with Crippen molar-refractivity contribution < 1.29 is 0 Å². The lowest BCUT2D eigenvalue weighted by Crippen LogP contribution is -2.41. The molecule has 1 rings (SSSR count). The van der Waals surface area contributed by atoms with Gasteiger partial charge in [-0.2, -0.15) is 11.8 Å². The molecule has 0 fully saturated rings. The summed E-state index contributed by atoms with van der Waals surface area (Å²) in [6.07, 6.45) is 1.72. The summed E-state index contributed by atoms with van der Waals surface area (Å²) in [5, 5.41) is 3.17. The molecule has 0 spiro atoms. The molecule has 1 unspecified atom stereocenters. The first kappa shape index (κ1) is 17.7. The van der Waals surface area contributed by atoms with Crippen molar-refractivity contribution >= 4 is 23.3 Å². The third-order valence-electron chi connectivity index (χ3n) is 3.32. The second-order valence-electron chi connectivity index (χ2n) is 5.09. The summed E-state index contributed by atoms with van der Waals surface area (Å²) in [7, 11) is 1.49. The minimum Gasteiger partial charge on any atom is -0.383 e. The molecule has 6 nitrogen and oxygen atoms in total. The average molecular weight is 314 g/mol. The molecule has 0 saturated heterocycles. The van der Waals surface area contributed by atoms with Gasteiger partial charge in [0.1, 0.15) is 11.5 Å². The maximum Gasteiger partial charge on any atom is 0.332 e. The zero-order valence-corrected chi connectivity index (χ0v) is 14.1. The van der Waals surface area contributed by atoms with Crippen LogP contribution in [-0.4, -0.2) is 26.7 Å². The van der Waals surface area contributed by atoms with Crippen molar-refractivity contribution in [3.63, 3.8) is 0 Å². The molecular weight excluding hydrogens is 288 g/mol. The van der Waals surface area contributed by atoms with Crippen molar-refractivity contribution in [2.45, 2.75) is 46.2 Å². The summed E-state index contributed by atoms with van der Waals surface area (Å²) in [6.45, 7) is 6.61. The number of hydrogen-bond acceptors (Lipinski definition) is 5. The van der Waals surface area contributed by atoms with Crippen LogP contribution in [0.3, 0.4) is 0 Å². The summed E-state index contributed by atoms with van der Waals surface area (Å²) >= 11 is 1.86. The first-order valence-electron chi connectivity index (χ1n) is 7.37. The summed E-state index contributed by atoms with van der Waals surface area (Å²) in [4.78, 5) is 24.3. The van der Waals surface area contributed by atoms with Crippen molar-refractivity contribution in [3.8, 4) is 0 Å². The van der Waals surface area contributed by atoms with Crippen molar-refractivity contribution in [2.24, 2.45) is 7.05 Å². The van der Waals surface area contributed by atoms with E-state index in [0.717, 1.165) is 28.9 Å². The Morgan fingerprint density at radius 1 is 1.33 bits per heavy atom. The summed E-state index contributed by atoms with van der Waals surface area (Å²) < 4.78 is 2.57. The number of hydrogen-bond donors (Lipinski definition) is 2. The molecular formula is C14H26N4O2S. The Bertz CT molecular complexity index is 580. The fourth-order valence-corrected chi connectivity index (χ4v) is 2.89. The number of anilines is 2. The Morgan fingerprint density at radius 3 is 2.57 bits per heavy atom. The molecule has 7 heteroatoms. The largest absolute Gasteiger partial charge is 0.383 e. The molecule has 1 aromatic heterocycles. The number of rotatable bonds is 8. The zero-order chi connectivity index (χ0) is 16.0. The minimum absolute atomic E-state index is 0.131. The number of nitrogens with one attached hydrogen (secondary N) is 1. The van der Waals surface area contributed by atoms with Gasteiger partial charge in [-0.15, -0.1) is 0 Å². The van der Waals surface area contributed by atoms with Gasteiger partial charge in [0.2, 0.25) is 0 Å². The fourth-order valence-electron chi connectivity index (χ4n) is 2.08. The SMILES string of the molecule is CCCn1c(N)c(NC(C)CCSCC)c(=O)n(C)c1=O. The molecule has 0 aliphatic rings. The second kappa shape index (κ2) is 8.17. The van der Waals surface area contributed by atoms with Gasteiger partial charge < -0.3 is 11.1 Å². The van der Waals surface area contributed by atoms with Crippen LogP contribution in [0.5, 0.6) is 0 Å². The number of thioether (sulfide) groups is 1. The second-order valence-corrected chi connectivity index (χ2v) is 6.48. The van der Waals surface area contributed by atoms with Crippen molar-refractivity contribution in [2.75, 3.05) is 22.6 Å². The molecule has 0 aromatic carbocycles. The van der Waals surface area contributed by atoms with Crippen LogP contribution >= 0.6 is 11.8 Å². The van der Waals surface area contributed by atoms with E-state index >= 15 is 0 Å². The van der Waals surface area contributed by atoms with Crippen LogP contribution in [0.2, 0.25) is 0 Å². The van der Waals surface area contributed by atoms with Crippen LogP contribution < -0.4 is 22.3 Å². The topological polar surface area (TPSA) is 82.0 Å². The molecule has 0 aliphatic carbocycles. The van der Waals surface area contributed by atoms with E-state index in [4.69, 9.17) is 5.73 Å². The highest BCUT2D eigenvalue weighted by Crippen LogP contribution is 2.14. The molecule has 0 bridgehead atoms. The van der Waals surface area contributed by atoms with E-state index in [1.54, 1.807) is 0 Å². The van der Waals surface area contributed by atoms with Gasteiger partial charge in [0.05, 0.1) is 0 Å². The van der Waals surface area contributed by atoms with E-state index in [-0.39, 0.29) is 23.1 Å². The van der Waals surface area contributed by atoms with Gasteiger partial charge in [0.25, 0.3) is 5.56 Å². The molecule has 21 heavy (non-hydrogen) atoms. The monoisotopic (exact) mass is 314 g/mol. The molecule has 3 N–H and O–H groups in total. The van der Waals surface area contributed by atoms with E-state index in [2.05, 4.69) is 12.2 Å². The molecule has 0 radical (unpaired) electrons. The Hall–Kier alpha value is -1.37. The van der Waals surface area contributed by atoms with Gasteiger partial charge >= 0.3 is 5.69 Å². The molecule has 1 heterocycles. The van der Waals surface area contributed by atoms with Crippen LogP contribution in [-0.2, 0) is 13.6 Å². The molecule has 1 aromatic rings. The van der Waals surface area contributed by atoms with Crippen LogP contribution in [0.1, 0.15) is 33.6 Å². The Morgan fingerprint density at radius 2 is 2.00 bits per heavy atom. The van der Waals surface area contributed by atoms with Crippen molar-refractivity contribution in [1.82, 2.24) is 9.13 Å². The van der Waals surface area contributed by atoms with Gasteiger partial charge in [-0.25, -0.2) is 4.79 Å². The lowest BCUT2D eigenvalue weighted by Gasteiger charge is -2.19. The first-order valence-corrected chi connectivity index (χ1v) is 8.53. The zero-order valence-electron chi connectivity index (χ0n) is 13.3. The van der Waals surface area contributed by atoms with Crippen LogP contribution in [0, 0.1) is 0 Å². The Balaban J connectivity index is 3.06. The maximum absolute atomic E-state index is 12.2. The van der Waals surface area contributed by atoms with Crippen LogP contribution in [0.15, 0.2) is 9.59 Å². The van der Waals surface area contributed by atoms with Gasteiger partial charge in [0.15, 0.2) is 0 Å². The van der Waals surface area contributed by atoms with Gasteiger partial charge in [0, 0.05) is 19.6 Å². The predicted molar refractivity (Wildman–Crippen MR) is 91.3 cm³/mol. The lowest BCUT2D eigenvalue weighted by molar-refractivity contribution is 0.598. The molecule has 1 atom stereocenters. The van der Waals surface area contributed by atoms with E-state index in [9.17, 15) is 9.59 Å². The molecule has 0 saturated carbocycles. The normalized spacial score (nSPS) is 12.4. The van der Waals surface area contributed by atoms with Gasteiger partial charge in [-0.05, 0) is 31.3 Å². The van der Waals surface area contributed by atoms with Gasteiger partial charge in [-0.3, -0.25) is 13.9 Å². The first-order chi connectivity index (χ1) is 9.93. The quantitative estimate of drug-likeness (QED) is 0.710. The maximum atomic E-state index is 12.2. The number of nitrogens with zero attached hydrogens (tertiary/aromatic N) is 2. The van der Waals surface area contributed by atoms with E-state index in [0.29, 0.717) is 12.2 Å². The number of aromatic nitrogens is 2. The summed E-state index contributed by atoms with van der Waals surface area (Å²) in [5.41, 5.74) is 5.63. The van der Waals surface area contributed by atoms with Crippen molar-refractivity contribution in [1.29, 1.82) is 0 Å². The highest BCUT2D eigenvalue weighted by molar-refractivity contribution is 7.99. The summed E-state index contributed by atoms with van der Waals surface area (Å²) in [6, 6.07) is 0.131. The van der Waals surface area contributed by atoms with E-state index in [1.165, 1.54) is 11.6 Å². The van der Waals surface area contributed by atoms with Crippen molar-refractivity contribution in [3.05, 3.63) is 20.8 Å². The van der Waals surface area contributed by atoms with Gasteiger partial charge in [-0.1, -0.05) is 13.8 Å². The molecule has 0 amide bonds. The lowest BCUT2D eigenvalue weighted by atomic mass is 10.2. The molecule has 120 valence electrons. The smallest absolute Gasteiger partial charge is 0.332 e. The predicted octanol–water partition coefficient (Wildman–Crippen LogP) is 1.48. The fraction of sp³-hybridized carbons (Fsp3) is 0.714. The average Bonchev–Trinajstić information content (AvgIpc) is 2.46. The highest BCUT2D eigenvalue weighted by Gasteiger charge is 2.16. The van der Waals surface area contributed by atoms with Crippen LogP contribution in [0.4, 0.5) is 11.5 Å². The Kier molecular flexibility index (Phi) is 6.87. The molecule has 0 aliphatic heterocycles. The van der Waals surface area contributed by atoms with Crippen LogP contribution in [0.25, 0.3) is 0 Å². The Labute approximate surface area is 129 Å². The standard InChI is InChI=1S/C14H26N4O2S/c1-5-8-18-12(15)11(13(19)17(4)14(18)20)16-10(3)7-9-21-6-2/h10,16H,5-9,15H2,1-4H3. The van der Waals surface area contributed by atoms with E-state index in [1.807, 2.05) is 25.6 Å². The minimum atomic E-state index is -0.362. The summed E-state index contributed by atoms with van der Waals surface area (Å²) in [5.74, 6) is 2.34. The van der Waals surface area contributed by atoms with E-state index < -0.39 is 0 Å². The number of nitrogens with two attached hydrogens (primary N) is 1. The third-order valence-corrected chi connectivity index (χ3v) is 4.25. The number of nitrogen functional groups attached to an aromatic ring is 1.